The number of nitrogens with zero attached hydrogens (tertiary/aromatic N) is 2. The molecule has 1 heterocycles. The molecule has 5 heteroatoms. The van der Waals surface area contributed by atoms with Crippen LogP contribution in [0.15, 0.2) is 27.6 Å². The van der Waals surface area contributed by atoms with Gasteiger partial charge in [0.2, 0.25) is 0 Å². The van der Waals surface area contributed by atoms with Gasteiger partial charge in [-0.3, -0.25) is 9.36 Å². The molecule has 0 amide bonds. The molecular formula is C8H11BrN2O2. The van der Waals surface area contributed by atoms with Crippen molar-refractivity contribution >= 4 is 15.9 Å². The molecule has 13 heavy (non-hydrogen) atoms. The molecule has 0 spiro atoms. The van der Waals surface area contributed by atoms with Crippen molar-refractivity contribution in [3.8, 4) is 0 Å². The van der Waals surface area contributed by atoms with Crippen LogP contribution in [0, 0.1) is 0 Å². The first-order valence-corrected chi connectivity index (χ1v) is 4.54. The van der Waals surface area contributed by atoms with Gasteiger partial charge >= 0.3 is 0 Å². The van der Waals surface area contributed by atoms with Gasteiger partial charge in [0.25, 0.3) is 5.56 Å². The molecule has 0 radical (unpaired) electrons. The highest BCUT2D eigenvalue weighted by atomic mass is 79.9. The second-order valence-electron chi connectivity index (χ2n) is 2.61. The van der Waals surface area contributed by atoms with E-state index in [1.807, 2.05) is 0 Å². The smallest absolute Gasteiger partial charge is 0.251 e. The van der Waals surface area contributed by atoms with E-state index in [0.29, 0.717) is 6.67 Å². The number of hydrogen-bond acceptors (Lipinski definition) is 3. The summed E-state index contributed by atoms with van der Waals surface area (Å²) in [5.41, 5.74) is -0.0490. The van der Waals surface area contributed by atoms with Gasteiger partial charge in [0.15, 0.2) is 0 Å². The Labute approximate surface area is 84.8 Å². The Morgan fingerprint density at radius 1 is 1.62 bits per heavy atom. The number of hydrogen-bond donors (Lipinski definition) is 0. The average Bonchev–Trinajstić information content (AvgIpc) is 2.11. The molecule has 0 fully saturated rings. The lowest BCUT2D eigenvalue weighted by Gasteiger charge is -2.14. The predicted octanol–water partition coefficient (Wildman–Crippen LogP) is 1.06. The van der Waals surface area contributed by atoms with Gasteiger partial charge in [0.05, 0.1) is 7.11 Å². The third-order valence-electron chi connectivity index (χ3n) is 1.61. The summed E-state index contributed by atoms with van der Waals surface area (Å²) in [6.45, 7) is 0.411. The highest BCUT2D eigenvalue weighted by molar-refractivity contribution is 9.10. The Hall–Kier alpha value is -0.650. The molecule has 0 saturated heterocycles. The quantitative estimate of drug-likeness (QED) is 0.749. The predicted molar refractivity (Wildman–Crippen MR) is 53.2 cm³/mol. The van der Waals surface area contributed by atoms with E-state index in [2.05, 4.69) is 15.9 Å². The van der Waals surface area contributed by atoms with Gasteiger partial charge < -0.3 is 4.84 Å². The summed E-state index contributed by atoms with van der Waals surface area (Å²) in [4.78, 5) is 16.2. The zero-order valence-corrected chi connectivity index (χ0v) is 9.11. The van der Waals surface area contributed by atoms with Crippen molar-refractivity contribution in [3.63, 3.8) is 0 Å². The van der Waals surface area contributed by atoms with Crippen molar-refractivity contribution in [3.05, 3.63) is 33.2 Å². The van der Waals surface area contributed by atoms with Crippen molar-refractivity contribution < 1.29 is 4.84 Å². The molecule has 0 atom stereocenters. The van der Waals surface area contributed by atoms with Crippen LogP contribution in [0.5, 0.6) is 0 Å². The SMILES string of the molecule is CON(C)Cn1cc(Br)ccc1=O. The van der Waals surface area contributed by atoms with Gasteiger partial charge in [-0.25, -0.2) is 0 Å². The van der Waals surface area contributed by atoms with E-state index in [1.165, 1.54) is 6.07 Å². The Morgan fingerprint density at radius 3 is 2.92 bits per heavy atom. The van der Waals surface area contributed by atoms with Gasteiger partial charge in [0, 0.05) is 23.8 Å². The van der Waals surface area contributed by atoms with Crippen molar-refractivity contribution in [2.24, 2.45) is 0 Å². The molecular weight excluding hydrogens is 236 g/mol. The Kier molecular flexibility index (Phi) is 3.65. The lowest BCUT2D eigenvalue weighted by Crippen LogP contribution is -2.28. The highest BCUT2D eigenvalue weighted by Crippen LogP contribution is 2.04. The first kappa shape index (κ1) is 10.4. The standard InChI is InChI=1S/C8H11BrN2O2/c1-10(13-2)6-11-5-7(9)3-4-8(11)12/h3-5H,6H2,1-2H3. The second kappa shape index (κ2) is 4.55. The van der Waals surface area contributed by atoms with Crippen LogP contribution in [0.3, 0.4) is 0 Å². The summed E-state index contributed by atoms with van der Waals surface area (Å²) in [6.07, 6.45) is 1.72. The van der Waals surface area contributed by atoms with Crippen molar-refractivity contribution in [2.45, 2.75) is 6.67 Å². The van der Waals surface area contributed by atoms with Crippen LogP contribution in [0.1, 0.15) is 0 Å². The average molecular weight is 247 g/mol. The topological polar surface area (TPSA) is 34.5 Å². The molecule has 4 nitrogen and oxygen atoms in total. The molecule has 0 aromatic carbocycles. The fourth-order valence-corrected chi connectivity index (χ4v) is 1.26. The van der Waals surface area contributed by atoms with Gasteiger partial charge in [-0.15, -0.1) is 0 Å². The summed E-state index contributed by atoms with van der Waals surface area (Å²) in [5.74, 6) is 0. The first-order valence-electron chi connectivity index (χ1n) is 3.74. The van der Waals surface area contributed by atoms with E-state index in [-0.39, 0.29) is 5.56 Å². The lowest BCUT2D eigenvalue weighted by atomic mass is 10.5. The Bertz CT molecular complexity index is 337. The third-order valence-corrected chi connectivity index (χ3v) is 2.08. The van der Waals surface area contributed by atoms with Crippen LogP contribution >= 0.6 is 15.9 Å². The summed E-state index contributed by atoms with van der Waals surface area (Å²) in [7, 11) is 3.32. The monoisotopic (exact) mass is 246 g/mol. The molecule has 1 aromatic rings. The maximum atomic E-state index is 11.3. The van der Waals surface area contributed by atoms with Crippen LogP contribution in [0.25, 0.3) is 0 Å². The van der Waals surface area contributed by atoms with Crippen LogP contribution in [0.4, 0.5) is 0 Å². The molecule has 0 aliphatic carbocycles. The molecule has 1 rings (SSSR count). The summed E-state index contributed by atoms with van der Waals surface area (Å²) in [6, 6.07) is 3.22. The van der Waals surface area contributed by atoms with Gasteiger partial charge in [-0.05, 0) is 22.0 Å². The molecule has 0 aliphatic heterocycles. The minimum absolute atomic E-state index is 0.0490. The minimum atomic E-state index is -0.0490. The fourth-order valence-electron chi connectivity index (χ4n) is 0.885. The van der Waals surface area contributed by atoms with E-state index in [0.717, 1.165) is 4.47 Å². The molecule has 0 N–H and O–H groups in total. The molecule has 72 valence electrons. The van der Waals surface area contributed by atoms with E-state index in [4.69, 9.17) is 4.84 Å². The van der Waals surface area contributed by atoms with Crippen molar-refractivity contribution in [1.29, 1.82) is 0 Å². The van der Waals surface area contributed by atoms with E-state index in [1.54, 1.807) is 36.1 Å². The molecule has 0 unspecified atom stereocenters. The van der Waals surface area contributed by atoms with Crippen LogP contribution in [0.2, 0.25) is 0 Å². The Balaban J connectivity index is 2.87. The van der Waals surface area contributed by atoms with Crippen LogP contribution in [-0.2, 0) is 11.5 Å². The second-order valence-corrected chi connectivity index (χ2v) is 3.52. The van der Waals surface area contributed by atoms with E-state index in [9.17, 15) is 4.79 Å². The minimum Gasteiger partial charge on any atom is -0.301 e. The Morgan fingerprint density at radius 2 is 2.31 bits per heavy atom. The number of pyridine rings is 1. The number of hydroxylamine groups is 2. The largest absolute Gasteiger partial charge is 0.301 e. The zero-order chi connectivity index (χ0) is 9.84. The fraction of sp³-hybridized carbons (Fsp3) is 0.375. The van der Waals surface area contributed by atoms with Gasteiger partial charge in [0.1, 0.15) is 6.67 Å². The normalized spacial score (nSPS) is 10.8. The van der Waals surface area contributed by atoms with Crippen molar-refractivity contribution in [1.82, 2.24) is 9.63 Å². The third kappa shape index (κ3) is 2.95. The first-order chi connectivity index (χ1) is 6.13. The number of aromatic nitrogens is 1. The molecule has 0 aliphatic rings. The zero-order valence-electron chi connectivity index (χ0n) is 7.53. The van der Waals surface area contributed by atoms with Crippen molar-refractivity contribution in [2.75, 3.05) is 14.2 Å². The summed E-state index contributed by atoms with van der Waals surface area (Å²) >= 11 is 3.29. The number of rotatable bonds is 3. The lowest BCUT2D eigenvalue weighted by molar-refractivity contribution is -0.132. The van der Waals surface area contributed by atoms with Crippen LogP contribution < -0.4 is 5.56 Å². The summed E-state index contributed by atoms with van der Waals surface area (Å²) < 4.78 is 2.42. The highest BCUT2D eigenvalue weighted by Gasteiger charge is 1.99. The molecule has 0 saturated carbocycles. The maximum Gasteiger partial charge on any atom is 0.251 e. The maximum absolute atomic E-state index is 11.3. The summed E-state index contributed by atoms with van der Waals surface area (Å²) in [5, 5.41) is 1.56. The van der Waals surface area contributed by atoms with Gasteiger partial charge in [-0.1, -0.05) is 0 Å². The van der Waals surface area contributed by atoms with Gasteiger partial charge in [-0.2, -0.15) is 5.06 Å². The van der Waals surface area contributed by atoms with E-state index < -0.39 is 0 Å². The number of halogens is 1. The molecule has 1 aromatic heterocycles. The molecule has 0 bridgehead atoms. The van der Waals surface area contributed by atoms with E-state index >= 15 is 0 Å². The van der Waals surface area contributed by atoms with Crippen LogP contribution in [-0.4, -0.2) is 23.8 Å².